The van der Waals surface area contributed by atoms with Gasteiger partial charge in [-0.3, -0.25) is 0 Å². The molecule has 1 heterocycles. The van der Waals surface area contributed by atoms with Crippen LogP contribution in [0.5, 0.6) is 0 Å². The van der Waals surface area contributed by atoms with Gasteiger partial charge in [-0.25, -0.2) is 0 Å². The van der Waals surface area contributed by atoms with Crippen LogP contribution in [0.2, 0.25) is 0 Å². The summed E-state index contributed by atoms with van der Waals surface area (Å²) in [6.07, 6.45) is 16.3. The fourth-order valence-electron chi connectivity index (χ4n) is 1.93. The molecule has 0 aromatic heterocycles. The molecule has 1 saturated heterocycles. The molecule has 1 atom stereocenters. The van der Waals surface area contributed by atoms with E-state index in [2.05, 4.69) is 13.0 Å². The summed E-state index contributed by atoms with van der Waals surface area (Å²) < 4.78 is 10.7. The van der Waals surface area contributed by atoms with Crippen LogP contribution in [0.4, 0.5) is 0 Å². The van der Waals surface area contributed by atoms with Gasteiger partial charge in [-0.05, 0) is 18.9 Å². The third-order valence-corrected chi connectivity index (χ3v) is 3.24. The lowest BCUT2D eigenvalue weighted by Gasteiger charge is -2.25. The van der Waals surface area contributed by atoms with E-state index in [9.17, 15) is 0 Å². The third kappa shape index (κ3) is 8.25. The van der Waals surface area contributed by atoms with Gasteiger partial charge < -0.3 is 9.47 Å². The molecule has 1 aliphatic rings. The number of unbranched alkanes of at least 4 members (excludes halogenated alkanes) is 7. The lowest BCUT2D eigenvalue weighted by atomic mass is 10.1. The zero-order chi connectivity index (χ0) is 12.2. The van der Waals surface area contributed by atoms with Crippen LogP contribution < -0.4 is 0 Å². The molecule has 0 saturated carbocycles. The van der Waals surface area contributed by atoms with Gasteiger partial charge in [0, 0.05) is 13.0 Å². The summed E-state index contributed by atoms with van der Waals surface area (Å²) in [7, 11) is 0. The van der Waals surface area contributed by atoms with E-state index in [1.54, 1.807) is 0 Å². The largest absolute Gasteiger partial charge is 0.499 e. The van der Waals surface area contributed by atoms with E-state index in [0.29, 0.717) is 6.10 Å². The Labute approximate surface area is 106 Å². The van der Waals surface area contributed by atoms with Crippen molar-refractivity contribution in [3.8, 4) is 0 Å². The molecule has 0 bridgehead atoms. The molecule has 0 N–H and O–H groups in total. The molecular formula is C15H28O2. The lowest BCUT2D eigenvalue weighted by molar-refractivity contribution is -0.0798. The van der Waals surface area contributed by atoms with Crippen molar-refractivity contribution in [3.63, 3.8) is 0 Å². The van der Waals surface area contributed by atoms with Crippen LogP contribution in [0, 0.1) is 0 Å². The Morgan fingerprint density at radius 3 is 2.47 bits per heavy atom. The second kappa shape index (κ2) is 10.6. The van der Waals surface area contributed by atoms with Crippen LogP contribution in [0.3, 0.4) is 0 Å². The molecule has 2 nitrogen and oxygen atoms in total. The van der Waals surface area contributed by atoms with Crippen LogP contribution in [0.15, 0.2) is 12.3 Å². The molecule has 2 heteroatoms. The number of hydrogen-bond donors (Lipinski definition) is 0. The number of hydrogen-bond acceptors (Lipinski definition) is 2. The van der Waals surface area contributed by atoms with Gasteiger partial charge in [-0.15, -0.1) is 0 Å². The molecule has 17 heavy (non-hydrogen) atoms. The zero-order valence-electron chi connectivity index (χ0n) is 11.3. The van der Waals surface area contributed by atoms with Crippen molar-refractivity contribution in [3.05, 3.63) is 12.3 Å². The highest BCUT2D eigenvalue weighted by molar-refractivity contribution is 4.75. The highest BCUT2D eigenvalue weighted by Crippen LogP contribution is 2.11. The van der Waals surface area contributed by atoms with Crippen molar-refractivity contribution in [1.29, 1.82) is 0 Å². The van der Waals surface area contributed by atoms with E-state index >= 15 is 0 Å². The number of allylic oxidation sites excluding steroid dienone is 1. The number of ether oxygens (including phenoxy) is 2. The zero-order valence-corrected chi connectivity index (χ0v) is 11.3. The third-order valence-electron chi connectivity index (χ3n) is 3.24. The molecule has 1 unspecified atom stereocenters. The Hall–Kier alpha value is -0.500. The molecule has 1 aliphatic heterocycles. The molecule has 0 radical (unpaired) electrons. The van der Waals surface area contributed by atoms with E-state index in [4.69, 9.17) is 9.47 Å². The SMILES string of the molecule is CCCCCCCCC/C=C/OCC1CCO1. The minimum atomic E-state index is 0.359. The summed E-state index contributed by atoms with van der Waals surface area (Å²) in [6, 6.07) is 0. The average Bonchev–Trinajstić information content (AvgIpc) is 2.28. The minimum Gasteiger partial charge on any atom is -0.499 e. The lowest BCUT2D eigenvalue weighted by Crippen LogP contribution is -2.30. The van der Waals surface area contributed by atoms with Crippen LogP contribution in [0.25, 0.3) is 0 Å². The van der Waals surface area contributed by atoms with Gasteiger partial charge in [-0.1, -0.05) is 45.4 Å². The Bertz CT molecular complexity index is 185. The first kappa shape index (κ1) is 14.6. The van der Waals surface area contributed by atoms with Gasteiger partial charge in [0.25, 0.3) is 0 Å². The smallest absolute Gasteiger partial charge is 0.114 e. The van der Waals surface area contributed by atoms with Crippen molar-refractivity contribution < 1.29 is 9.47 Å². The first-order chi connectivity index (χ1) is 8.43. The molecule has 0 aromatic rings. The van der Waals surface area contributed by atoms with E-state index in [0.717, 1.165) is 26.1 Å². The molecule has 1 rings (SSSR count). The van der Waals surface area contributed by atoms with Gasteiger partial charge in [0.05, 0.1) is 12.4 Å². The van der Waals surface area contributed by atoms with Crippen LogP contribution in [0.1, 0.15) is 64.7 Å². The molecule has 100 valence electrons. The Kier molecular flexibility index (Phi) is 9.11. The molecule has 0 aliphatic carbocycles. The molecular weight excluding hydrogens is 212 g/mol. The predicted molar refractivity (Wildman–Crippen MR) is 72.1 cm³/mol. The molecule has 0 amide bonds. The van der Waals surface area contributed by atoms with Gasteiger partial charge in [-0.2, -0.15) is 0 Å². The Morgan fingerprint density at radius 1 is 1.12 bits per heavy atom. The normalized spacial score (nSPS) is 19.5. The van der Waals surface area contributed by atoms with Gasteiger partial charge >= 0.3 is 0 Å². The maximum Gasteiger partial charge on any atom is 0.114 e. The van der Waals surface area contributed by atoms with Crippen molar-refractivity contribution >= 4 is 0 Å². The maximum absolute atomic E-state index is 5.39. The molecule has 0 aromatic carbocycles. The minimum absolute atomic E-state index is 0.359. The van der Waals surface area contributed by atoms with Crippen molar-refractivity contribution in [2.24, 2.45) is 0 Å². The summed E-state index contributed by atoms with van der Waals surface area (Å²) in [4.78, 5) is 0. The topological polar surface area (TPSA) is 18.5 Å². The summed E-state index contributed by atoms with van der Waals surface area (Å²) in [6.45, 7) is 3.91. The Balaban J connectivity index is 1.72. The van der Waals surface area contributed by atoms with Gasteiger partial charge in [0.2, 0.25) is 0 Å². The summed E-state index contributed by atoms with van der Waals surface area (Å²) in [5, 5.41) is 0. The maximum atomic E-state index is 5.39. The fourth-order valence-corrected chi connectivity index (χ4v) is 1.93. The van der Waals surface area contributed by atoms with Crippen molar-refractivity contribution in [1.82, 2.24) is 0 Å². The van der Waals surface area contributed by atoms with Crippen LogP contribution in [-0.4, -0.2) is 19.3 Å². The van der Waals surface area contributed by atoms with E-state index in [1.807, 2.05) is 6.26 Å². The molecule has 0 spiro atoms. The van der Waals surface area contributed by atoms with Crippen molar-refractivity contribution in [2.45, 2.75) is 70.8 Å². The van der Waals surface area contributed by atoms with Crippen LogP contribution in [-0.2, 0) is 9.47 Å². The van der Waals surface area contributed by atoms with Gasteiger partial charge in [0.1, 0.15) is 6.61 Å². The highest BCUT2D eigenvalue weighted by Gasteiger charge is 2.17. The summed E-state index contributed by atoms with van der Waals surface area (Å²) in [5.41, 5.74) is 0. The standard InChI is InChI=1S/C15H28O2/c1-2-3-4-5-6-7-8-9-10-12-16-14-15-11-13-17-15/h10,12,15H,2-9,11,13-14H2,1H3/b12-10+. The average molecular weight is 240 g/mol. The number of rotatable bonds is 11. The Morgan fingerprint density at radius 2 is 1.82 bits per heavy atom. The molecule has 1 fully saturated rings. The van der Waals surface area contributed by atoms with Crippen LogP contribution >= 0.6 is 0 Å². The van der Waals surface area contributed by atoms with E-state index in [-0.39, 0.29) is 0 Å². The predicted octanol–water partition coefficient (Wildman–Crippen LogP) is 4.45. The second-order valence-corrected chi connectivity index (χ2v) is 4.90. The highest BCUT2D eigenvalue weighted by atomic mass is 16.5. The van der Waals surface area contributed by atoms with Crippen molar-refractivity contribution in [2.75, 3.05) is 13.2 Å². The first-order valence-corrected chi connectivity index (χ1v) is 7.31. The van der Waals surface area contributed by atoms with Gasteiger partial charge in [0.15, 0.2) is 0 Å². The quantitative estimate of drug-likeness (QED) is 0.392. The second-order valence-electron chi connectivity index (χ2n) is 4.90. The first-order valence-electron chi connectivity index (χ1n) is 7.31. The van der Waals surface area contributed by atoms with E-state index in [1.165, 1.54) is 44.9 Å². The summed E-state index contributed by atoms with van der Waals surface area (Å²) in [5.74, 6) is 0. The monoisotopic (exact) mass is 240 g/mol. The summed E-state index contributed by atoms with van der Waals surface area (Å²) >= 11 is 0. The fraction of sp³-hybridized carbons (Fsp3) is 0.867. The van der Waals surface area contributed by atoms with E-state index < -0.39 is 0 Å².